The van der Waals surface area contributed by atoms with E-state index in [1.54, 1.807) is 13.2 Å². The third-order valence-corrected chi connectivity index (χ3v) is 5.94. The number of hydrogen-bond acceptors (Lipinski definition) is 4. The number of nitrogens with zero attached hydrogens (tertiary/aromatic N) is 1. The number of benzene rings is 2. The van der Waals surface area contributed by atoms with Crippen LogP contribution in [-0.4, -0.2) is 37.8 Å². The number of pyridine rings is 1. The molecule has 5 nitrogen and oxygen atoms in total. The quantitative estimate of drug-likeness (QED) is 0.678. The zero-order valence-corrected chi connectivity index (χ0v) is 17.0. The highest BCUT2D eigenvalue weighted by atomic mass is 35.5. The van der Waals surface area contributed by atoms with E-state index in [1.807, 2.05) is 48.5 Å². The summed E-state index contributed by atoms with van der Waals surface area (Å²) in [5.74, 6) is 0.215. The van der Waals surface area contributed by atoms with E-state index in [9.17, 15) is 4.79 Å². The second kappa shape index (κ2) is 8.39. The first kappa shape index (κ1) is 19.7. The molecule has 1 aliphatic heterocycles. The minimum absolute atomic E-state index is 0.230. The van der Waals surface area contributed by atoms with Crippen LogP contribution in [0.3, 0.4) is 0 Å². The molecule has 0 bridgehead atoms. The normalized spacial score (nSPS) is 15.8. The molecule has 1 aromatic heterocycles. The van der Waals surface area contributed by atoms with E-state index in [2.05, 4.69) is 10.3 Å². The largest absolute Gasteiger partial charge is 0.481 e. The number of fused-ring (bicyclic) bond motifs is 1. The Kier molecular flexibility index (Phi) is 5.69. The predicted octanol–water partition coefficient (Wildman–Crippen LogP) is 4.38. The number of carbonyl (C=O) groups excluding carboxylic acids is 1. The number of carbonyl (C=O) groups is 1. The second-order valence-corrected chi connectivity index (χ2v) is 7.70. The first-order chi connectivity index (χ1) is 14.1. The fourth-order valence-electron chi connectivity index (χ4n) is 3.97. The second-order valence-electron chi connectivity index (χ2n) is 7.29. The molecule has 1 aliphatic rings. The van der Waals surface area contributed by atoms with Gasteiger partial charge >= 0.3 is 0 Å². The summed E-state index contributed by atoms with van der Waals surface area (Å²) in [6.07, 6.45) is 1.59. The van der Waals surface area contributed by atoms with Gasteiger partial charge in [-0.25, -0.2) is 4.98 Å². The predicted molar refractivity (Wildman–Crippen MR) is 114 cm³/mol. The van der Waals surface area contributed by atoms with E-state index in [0.717, 1.165) is 29.2 Å². The first-order valence-electron chi connectivity index (χ1n) is 9.68. The fraction of sp³-hybridized carbons (Fsp3) is 0.304. The van der Waals surface area contributed by atoms with Gasteiger partial charge in [0.1, 0.15) is 5.69 Å². The summed E-state index contributed by atoms with van der Waals surface area (Å²) >= 11 is 6.50. The van der Waals surface area contributed by atoms with Gasteiger partial charge in [0, 0.05) is 35.6 Å². The Morgan fingerprint density at radius 3 is 2.66 bits per heavy atom. The standard InChI is InChI=1S/C23H23ClN2O3/c1-28-22-17-7-3-2-6-16(17)14-20(26-22)21(27)25-15-23(10-12-29-13-11-23)18-8-4-5-9-19(18)24/h2-9,14H,10-13,15H2,1H3,(H,25,27). The molecule has 1 N–H and O–H groups in total. The van der Waals surface area contributed by atoms with Gasteiger partial charge in [-0.2, -0.15) is 0 Å². The van der Waals surface area contributed by atoms with Crippen molar-refractivity contribution in [1.29, 1.82) is 0 Å². The van der Waals surface area contributed by atoms with Crippen LogP contribution < -0.4 is 10.1 Å². The van der Waals surface area contributed by atoms with Gasteiger partial charge in [-0.15, -0.1) is 0 Å². The molecule has 1 saturated heterocycles. The zero-order chi connectivity index (χ0) is 20.3. The molecule has 4 rings (SSSR count). The van der Waals surface area contributed by atoms with Crippen LogP contribution in [-0.2, 0) is 10.2 Å². The van der Waals surface area contributed by atoms with Crippen LogP contribution in [0.25, 0.3) is 10.8 Å². The van der Waals surface area contributed by atoms with E-state index in [4.69, 9.17) is 21.1 Å². The van der Waals surface area contributed by atoms with Crippen LogP contribution in [0.1, 0.15) is 28.9 Å². The third-order valence-electron chi connectivity index (χ3n) is 5.61. The minimum Gasteiger partial charge on any atom is -0.481 e. The van der Waals surface area contributed by atoms with Crippen molar-refractivity contribution < 1.29 is 14.3 Å². The monoisotopic (exact) mass is 410 g/mol. The number of ether oxygens (including phenoxy) is 2. The minimum atomic E-state index is -0.257. The van der Waals surface area contributed by atoms with E-state index >= 15 is 0 Å². The van der Waals surface area contributed by atoms with E-state index < -0.39 is 0 Å². The van der Waals surface area contributed by atoms with Gasteiger partial charge < -0.3 is 14.8 Å². The zero-order valence-electron chi connectivity index (χ0n) is 16.3. The molecule has 1 amide bonds. The summed E-state index contributed by atoms with van der Waals surface area (Å²) < 4.78 is 11.0. The average Bonchev–Trinajstić information content (AvgIpc) is 2.77. The summed E-state index contributed by atoms with van der Waals surface area (Å²) in [5.41, 5.74) is 1.13. The van der Waals surface area contributed by atoms with Crippen molar-refractivity contribution in [2.75, 3.05) is 26.9 Å². The van der Waals surface area contributed by atoms with Gasteiger partial charge in [-0.3, -0.25) is 4.79 Å². The van der Waals surface area contributed by atoms with Crippen molar-refractivity contribution in [3.8, 4) is 5.88 Å². The van der Waals surface area contributed by atoms with E-state index in [1.165, 1.54) is 0 Å². The number of nitrogens with one attached hydrogen (secondary N) is 1. The molecule has 3 aromatic rings. The fourth-order valence-corrected chi connectivity index (χ4v) is 4.31. The maximum absolute atomic E-state index is 13.0. The number of methoxy groups -OCH3 is 1. The molecule has 6 heteroatoms. The van der Waals surface area contributed by atoms with Crippen molar-refractivity contribution in [2.45, 2.75) is 18.3 Å². The molecule has 150 valence electrons. The molecular formula is C23H23ClN2O3. The van der Waals surface area contributed by atoms with Crippen LogP contribution in [0.5, 0.6) is 5.88 Å². The highest BCUT2D eigenvalue weighted by molar-refractivity contribution is 6.31. The van der Waals surface area contributed by atoms with Crippen LogP contribution >= 0.6 is 11.6 Å². The van der Waals surface area contributed by atoms with E-state index in [0.29, 0.717) is 36.4 Å². The Morgan fingerprint density at radius 1 is 1.17 bits per heavy atom. The first-order valence-corrected chi connectivity index (χ1v) is 10.1. The summed E-state index contributed by atoms with van der Waals surface area (Å²) in [4.78, 5) is 17.4. The molecule has 1 fully saturated rings. The molecule has 0 spiro atoms. The molecule has 2 aromatic carbocycles. The maximum Gasteiger partial charge on any atom is 0.270 e. The molecule has 0 unspecified atom stereocenters. The number of hydrogen-bond donors (Lipinski definition) is 1. The van der Waals surface area contributed by atoms with Gasteiger partial charge in [0.25, 0.3) is 5.91 Å². The van der Waals surface area contributed by atoms with Gasteiger partial charge in [-0.05, 0) is 42.0 Å². The van der Waals surface area contributed by atoms with Crippen LogP contribution in [0, 0.1) is 0 Å². The summed E-state index contributed by atoms with van der Waals surface area (Å²) in [5, 5.41) is 5.59. The lowest BCUT2D eigenvalue weighted by atomic mass is 9.74. The number of amides is 1. The van der Waals surface area contributed by atoms with Crippen molar-refractivity contribution in [2.24, 2.45) is 0 Å². The van der Waals surface area contributed by atoms with Crippen molar-refractivity contribution >= 4 is 28.3 Å². The summed E-state index contributed by atoms with van der Waals surface area (Å²) in [7, 11) is 1.56. The molecule has 0 saturated carbocycles. The Balaban J connectivity index is 1.61. The van der Waals surface area contributed by atoms with E-state index in [-0.39, 0.29) is 11.3 Å². The lowest BCUT2D eigenvalue weighted by Crippen LogP contribution is -2.45. The van der Waals surface area contributed by atoms with Gasteiger partial charge in [0.2, 0.25) is 5.88 Å². The third kappa shape index (κ3) is 3.93. The molecule has 0 aliphatic carbocycles. The average molecular weight is 411 g/mol. The molecule has 0 atom stereocenters. The number of rotatable bonds is 5. The van der Waals surface area contributed by atoms with Crippen molar-refractivity contribution in [3.05, 3.63) is 70.9 Å². The van der Waals surface area contributed by atoms with Crippen molar-refractivity contribution in [1.82, 2.24) is 10.3 Å². The van der Waals surface area contributed by atoms with Gasteiger partial charge in [0.05, 0.1) is 7.11 Å². The highest BCUT2D eigenvalue weighted by Gasteiger charge is 2.36. The van der Waals surface area contributed by atoms with Gasteiger partial charge in [-0.1, -0.05) is 48.0 Å². The van der Waals surface area contributed by atoms with Crippen molar-refractivity contribution in [3.63, 3.8) is 0 Å². The molecular weight excluding hydrogens is 388 g/mol. The van der Waals surface area contributed by atoms with Gasteiger partial charge in [0.15, 0.2) is 0 Å². The number of halogens is 1. The number of aromatic nitrogens is 1. The topological polar surface area (TPSA) is 60.5 Å². The summed E-state index contributed by atoms with van der Waals surface area (Å²) in [6.45, 7) is 1.75. The lowest BCUT2D eigenvalue weighted by Gasteiger charge is -2.38. The van der Waals surface area contributed by atoms with Crippen LogP contribution in [0.4, 0.5) is 0 Å². The maximum atomic E-state index is 13.0. The summed E-state index contributed by atoms with van der Waals surface area (Å²) in [6, 6.07) is 17.3. The molecule has 2 heterocycles. The highest BCUT2D eigenvalue weighted by Crippen LogP contribution is 2.38. The molecule has 0 radical (unpaired) electrons. The smallest absolute Gasteiger partial charge is 0.270 e. The van der Waals surface area contributed by atoms with Crippen LogP contribution in [0.15, 0.2) is 54.6 Å². The lowest BCUT2D eigenvalue weighted by molar-refractivity contribution is 0.0487. The Bertz CT molecular complexity index is 1030. The Labute approximate surface area is 175 Å². The van der Waals surface area contributed by atoms with Crippen LogP contribution in [0.2, 0.25) is 5.02 Å². The molecule has 29 heavy (non-hydrogen) atoms. The SMILES string of the molecule is COc1nc(C(=O)NCC2(c3ccccc3Cl)CCOCC2)cc2ccccc12. The Morgan fingerprint density at radius 2 is 1.90 bits per heavy atom. The Hall–Kier alpha value is -2.63.